The number of halogens is 2. The first-order valence-corrected chi connectivity index (χ1v) is 14.2. The molecule has 0 atom stereocenters. The van der Waals surface area contributed by atoms with E-state index in [0.717, 1.165) is 21.8 Å². The van der Waals surface area contributed by atoms with Crippen LogP contribution in [0.3, 0.4) is 0 Å². The molecule has 3 nitrogen and oxygen atoms in total. The zero-order valence-electron chi connectivity index (χ0n) is 14.5. The van der Waals surface area contributed by atoms with E-state index in [1.807, 2.05) is 6.20 Å². The zero-order valence-corrected chi connectivity index (χ0v) is 20.8. The van der Waals surface area contributed by atoms with Crippen molar-refractivity contribution in [2.75, 3.05) is 7.11 Å². The maximum atomic E-state index is 12.1. The predicted molar refractivity (Wildman–Crippen MR) is 94.6 cm³/mol. The van der Waals surface area contributed by atoms with E-state index in [2.05, 4.69) is 67.8 Å². The molecule has 0 aliphatic carbocycles. The fourth-order valence-electron chi connectivity index (χ4n) is 3.77. The minimum absolute atomic E-state index is 0.311. The van der Waals surface area contributed by atoms with Crippen molar-refractivity contribution in [1.82, 2.24) is 4.23 Å². The van der Waals surface area contributed by atoms with Crippen LogP contribution in [0.2, 0.25) is 16.6 Å². The second kappa shape index (κ2) is 9.61. The molecule has 0 spiro atoms. The summed E-state index contributed by atoms with van der Waals surface area (Å²) in [6.45, 7) is 13.6. The molecule has 0 aliphatic heterocycles. The van der Waals surface area contributed by atoms with Crippen LogP contribution in [0.5, 0.6) is 0 Å². The van der Waals surface area contributed by atoms with Gasteiger partial charge in [-0.2, -0.15) is 0 Å². The van der Waals surface area contributed by atoms with Gasteiger partial charge in [-0.15, -0.1) is 6.07 Å². The van der Waals surface area contributed by atoms with Crippen LogP contribution in [0.1, 0.15) is 52.0 Å². The fraction of sp³-hybridized carbons (Fsp3) is 0.667. The van der Waals surface area contributed by atoms with Crippen molar-refractivity contribution in [3.63, 3.8) is 0 Å². The zero-order chi connectivity index (χ0) is 17.7. The Morgan fingerprint density at radius 1 is 1.23 bits per heavy atom. The topological polar surface area (TPSA) is 31.2 Å². The molecule has 0 fully saturated rings. The van der Waals surface area contributed by atoms with Crippen LogP contribution in [0.15, 0.2) is 10.7 Å². The average Bonchev–Trinajstić information content (AvgIpc) is 2.81. The number of esters is 1. The number of carbonyl (C=O) groups is 1. The average molecular weight is 460 g/mol. The quantitative estimate of drug-likeness (QED) is 0.328. The summed E-state index contributed by atoms with van der Waals surface area (Å²) in [4.78, 5) is 12.1. The van der Waals surface area contributed by atoms with E-state index in [0.29, 0.717) is 22.3 Å². The molecule has 0 radical (unpaired) electrons. The van der Waals surface area contributed by atoms with Crippen molar-refractivity contribution in [1.29, 1.82) is 0 Å². The van der Waals surface area contributed by atoms with E-state index in [1.165, 1.54) is 7.11 Å². The predicted octanol–water partition coefficient (Wildman–Crippen LogP) is 5.55. The molecule has 0 aliphatic rings. The van der Waals surface area contributed by atoms with Gasteiger partial charge >= 0.3 is 27.0 Å². The van der Waals surface area contributed by atoms with Crippen LogP contribution >= 0.6 is 25.6 Å². The first-order chi connectivity index (χ1) is 10.2. The van der Waals surface area contributed by atoms with Gasteiger partial charge < -0.3 is 13.8 Å². The Morgan fingerprint density at radius 3 is 1.95 bits per heavy atom. The SMILES string of the molecule is COC(=O)c1[c-]c(Br)cn1[Si](C(C)C)(C(C)C)C(C)C.[Cl][Zn+]. The molecular weight excluding hydrogens is 435 g/mol. The maximum absolute atomic E-state index is 12.1. The van der Waals surface area contributed by atoms with E-state index in [-0.39, 0.29) is 5.97 Å². The molecule has 1 aromatic heterocycles. The second-order valence-corrected chi connectivity index (χ2v) is 12.7. The van der Waals surface area contributed by atoms with Crippen molar-refractivity contribution in [2.24, 2.45) is 0 Å². The third kappa shape index (κ3) is 4.25. The summed E-state index contributed by atoms with van der Waals surface area (Å²) < 4.78 is 7.95. The summed E-state index contributed by atoms with van der Waals surface area (Å²) in [5.41, 5.74) is 2.08. The first-order valence-electron chi connectivity index (χ1n) is 7.35. The molecule has 0 unspecified atom stereocenters. The summed E-state index contributed by atoms with van der Waals surface area (Å²) in [6, 6.07) is 3.11. The van der Waals surface area contributed by atoms with Crippen molar-refractivity contribution in [3.8, 4) is 0 Å². The Balaban J connectivity index is 0.00000211. The van der Waals surface area contributed by atoms with Gasteiger partial charge in [0.05, 0.1) is 7.11 Å². The van der Waals surface area contributed by atoms with Crippen LogP contribution in [0, 0.1) is 6.07 Å². The number of ether oxygens (including phenoxy) is 1. The Kier molecular flexibility index (Phi) is 9.76. The Morgan fingerprint density at radius 2 is 1.64 bits per heavy atom. The molecule has 0 saturated heterocycles. The minimum atomic E-state index is -1.95. The Bertz CT molecular complexity index is 470. The Hall–Kier alpha value is 0.360. The molecule has 0 amide bonds. The molecule has 122 valence electrons. The van der Waals surface area contributed by atoms with Gasteiger partial charge in [0.1, 0.15) is 0 Å². The number of nitrogens with zero attached hydrogens (tertiary/aromatic N) is 1. The van der Waals surface area contributed by atoms with Crippen molar-refractivity contribution >= 4 is 39.8 Å². The normalized spacial score (nSPS) is 11.7. The van der Waals surface area contributed by atoms with Gasteiger partial charge in [-0.05, 0) is 22.3 Å². The van der Waals surface area contributed by atoms with Crippen molar-refractivity contribution in [3.05, 3.63) is 22.4 Å². The van der Waals surface area contributed by atoms with Crippen LogP contribution in [-0.4, -0.2) is 25.5 Å². The van der Waals surface area contributed by atoms with Gasteiger partial charge in [-0.25, -0.2) is 0 Å². The number of aromatic nitrogens is 1. The van der Waals surface area contributed by atoms with Gasteiger partial charge in [-0.3, -0.25) is 0 Å². The molecule has 0 saturated carbocycles. The number of hydrogen-bond acceptors (Lipinski definition) is 2. The molecule has 1 rings (SSSR count). The summed E-state index contributed by atoms with van der Waals surface area (Å²) in [5.74, 6) is -0.311. The molecule has 0 aromatic carbocycles. The van der Waals surface area contributed by atoms with Crippen molar-refractivity contribution in [2.45, 2.75) is 58.2 Å². The Labute approximate surface area is 158 Å². The number of rotatable bonds is 5. The first kappa shape index (κ1) is 22.4. The summed E-state index contributed by atoms with van der Waals surface area (Å²) >= 11 is 4.31. The fourth-order valence-corrected chi connectivity index (χ4v) is 10.9. The molecule has 0 bridgehead atoms. The molecular formula is C15H25BrClNO2SiZn. The van der Waals surface area contributed by atoms with Crippen LogP contribution in [0.25, 0.3) is 0 Å². The van der Waals surface area contributed by atoms with E-state index in [1.54, 1.807) is 0 Å². The third-order valence-corrected chi connectivity index (χ3v) is 11.4. The van der Waals surface area contributed by atoms with E-state index in [9.17, 15) is 4.79 Å². The van der Waals surface area contributed by atoms with Gasteiger partial charge in [0.2, 0.25) is 5.97 Å². The summed E-state index contributed by atoms with van der Waals surface area (Å²) in [6.07, 6.45) is 2.01. The molecule has 7 heteroatoms. The van der Waals surface area contributed by atoms with Crippen LogP contribution in [0.4, 0.5) is 0 Å². The molecule has 1 heterocycles. The molecule has 22 heavy (non-hydrogen) atoms. The van der Waals surface area contributed by atoms with Crippen LogP contribution in [-0.2, 0) is 22.0 Å². The standard InChI is InChI=1S/C15H25BrNO2Si.ClH.Zn/c1-10(2)20(11(3)4,12(5)6)17-9-13(16)8-14(17)15(18)19-7;;/h9-12H,1-7H3;1H;/q-1;;+2/p-1. The van der Waals surface area contributed by atoms with Gasteiger partial charge in [0.15, 0.2) is 8.24 Å². The van der Waals surface area contributed by atoms with Gasteiger partial charge in [0.25, 0.3) is 0 Å². The van der Waals surface area contributed by atoms with Gasteiger partial charge in [0, 0.05) is 0 Å². The second-order valence-electron chi connectivity index (χ2n) is 6.16. The molecule has 0 N–H and O–H groups in total. The van der Waals surface area contributed by atoms with E-state index in [4.69, 9.17) is 14.4 Å². The van der Waals surface area contributed by atoms with Gasteiger partial charge in [-0.1, -0.05) is 68.1 Å². The number of carbonyl (C=O) groups excluding carboxylic acids is 1. The van der Waals surface area contributed by atoms with E-state index < -0.39 is 8.24 Å². The summed E-state index contributed by atoms with van der Waals surface area (Å²) in [5, 5.41) is 0. The van der Waals surface area contributed by atoms with Crippen molar-refractivity contribution < 1.29 is 26.8 Å². The summed E-state index contributed by atoms with van der Waals surface area (Å²) in [7, 11) is 4.23. The number of methoxy groups -OCH3 is 1. The third-order valence-electron chi connectivity index (χ3n) is 4.29. The molecule has 1 aromatic rings. The monoisotopic (exact) mass is 457 g/mol. The van der Waals surface area contributed by atoms with Crippen LogP contribution < -0.4 is 0 Å². The number of hydrogen-bond donors (Lipinski definition) is 0. The van der Waals surface area contributed by atoms with E-state index >= 15 is 0 Å².